The Morgan fingerprint density at radius 3 is 2.75 bits per heavy atom. The first-order valence-electron chi connectivity index (χ1n) is 5.11. The van der Waals surface area contributed by atoms with E-state index in [9.17, 15) is 0 Å². The minimum absolute atomic E-state index is 0.616. The van der Waals surface area contributed by atoms with Crippen molar-refractivity contribution in [1.29, 1.82) is 0 Å². The molecule has 84 valence electrons. The van der Waals surface area contributed by atoms with Crippen LogP contribution in [0.2, 0.25) is 0 Å². The van der Waals surface area contributed by atoms with E-state index in [2.05, 4.69) is 4.98 Å². The number of ether oxygens (including phenoxy) is 1. The molecule has 0 saturated carbocycles. The van der Waals surface area contributed by atoms with Gasteiger partial charge in [-0.3, -0.25) is 0 Å². The fraction of sp³-hybridized carbons (Fsp3) is 0.250. The number of rotatable bonds is 4. The molecule has 0 aliphatic rings. The molecule has 0 amide bonds. The molecule has 4 heteroatoms. The second-order valence-corrected chi connectivity index (χ2v) is 4.55. The highest BCUT2D eigenvalue weighted by Gasteiger charge is 2.10. The summed E-state index contributed by atoms with van der Waals surface area (Å²) >= 11 is 1.54. The zero-order valence-electron chi connectivity index (χ0n) is 9.14. The number of nitrogens with two attached hydrogens (primary N) is 1. The van der Waals surface area contributed by atoms with Gasteiger partial charge >= 0.3 is 0 Å². The largest absolute Gasteiger partial charge is 0.384 e. The van der Waals surface area contributed by atoms with Crippen LogP contribution in [0.4, 0.5) is 5.13 Å². The molecule has 0 saturated heterocycles. The first-order chi connectivity index (χ1) is 7.81. The van der Waals surface area contributed by atoms with E-state index >= 15 is 0 Å². The summed E-state index contributed by atoms with van der Waals surface area (Å²) in [5, 5.41) is 0.616. The van der Waals surface area contributed by atoms with Gasteiger partial charge in [0.15, 0.2) is 5.13 Å². The molecule has 1 aromatic heterocycles. The van der Waals surface area contributed by atoms with Crippen LogP contribution < -0.4 is 5.73 Å². The molecule has 0 bridgehead atoms. The fourth-order valence-electron chi connectivity index (χ4n) is 1.56. The summed E-state index contributed by atoms with van der Waals surface area (Å²) in [7, 11) is 1.70. The average Bonchev–Trinajstić information content (AvgIpc) is 2.69. The van der Waals surface area contributed by atoms with Crippen molar-refractivity contribution in [2.75, 3.05) is 19.5 Å². The number of aromatic nitrogens is 1. The van der Waals surface area contributed by atoms with Gasteiger partial charge in [-0.05, 0) is 0 Å². The predicted octanol–water partition coefficient (Wildman–Crippen LogP) is 2.58. The zero-order chi connectivity index (χ0) is 11.4. The molecule has 1 heterocycles. The number of hydrogen-bond acceptors (Lipinski definition) is 4. The monoisotopic (exact) mass is 234 g/mol. The number of benzene rings is 1. The maximum atomic E-state index is 5.76. The smallest absolute Gasteiger partial charge is 0.180 e. The lowest BCUT2D eigenvalue weighted by Gasteiger charge is -2.01. The minimum atomic E-state index is 0.616. The Labute approximate surface area is 98.9 Å². The van der Waals surface area contributed by atoms with Crippen molar-refractivity contribution in [2.45, 2.75) is 6.42 Å². The number of anilines is 1. The molecule has 0 fully saturated rings. The highest BCUT2D eigenvalue weighted by molar-refractivity contribution is 7.15. The Morgan fingerprint density at radius 2 is 2.06 bits per heavy atom. The summed E-state index contributed by atoms with van der Waals surface area (Å²) in [6, 6.07) is 10.1. The molecule has 3 nitrogen and oxygen atoms in total. The summed E-state index contributed by atoms with van der Waals surface area (Å²) in [5.74, 6) is 0. The van der Waals surface area contributed by atoms with Crippen molar-refractivity contribution in [3.05, 3.63) is 35.2 Å². The third kappa shape index (κ3) is 2.40. The quantitative estimate of drug-likeness (QED) is 0.884. The van der Waals surface area contributed by atoms with E-state index in [0.29, 0.717) is 11.7 Å². The van der Waals surface area contributed by atoms with Gasteiger partial charge in [-0.2, -0.15) is 0 Å². The lowest BCUT2D eigenvalue weighted by molar-refractivity contribution is 0.203. The summed E-state index contributed by atoms with van der Waals surface area (Å²) in [6.07, 6.45) is 0.857. The molecular formula is C12H14N2OS. The molecule has 0 aliphatic carbocycles. The maximum absolute atomic E-state index is 5.76. The van der Waals surface area contributed by atoms with Crippen LogP contribution in [0.5, 0.6) is 0 Å². The minimum Gasteiger partial charge on any atom is -0.384 e. The lowest BCUT2D eigenvalue weighted by atomic mass is 10.1. The van der Waals surface area contributed by atoms with Crippen molar-refractivity contribution < 1.29 is 4.74 Å². The summed E-state index contributed by atoms with van der Waals surface area (Å²) in [4.78, 5) is 5.56. The first-order valence-corrected chi connectivity index (χ1v) is 5.92. The molecule has 2 aromatic rings. The summed E-state index contributed by atoms with van der Waals surface area (Å²) in [5.41, 5.74) is 7.85. The third-order valence-corrected chi connectivity index (χ3v) is 3.24. The Balaban J connectivity index is 2.33. The van der Waals surface area contributed by atoms with Gasteiger partial charge < -0.3 is 10.5 Å². The Morgan fingerprint density at radius 1 is 1.31 bits per heavy atom. The second kappa shape index (κ2) is 5.09. The molecule has 0 radical (unpaired) electrons. The molecule has 0 unspecified atom stereocenters. The molecule has 2 rings (SSSR count). The van der Waals surface area contributed by atoms with Gasteiger partial charge in [0.1, 0.15) is 0 Å². The number of nitrogen functional groups attached to an aromatic ring is 1. The molecular weight excluding hydrogens is 220 g/mol. The van der Waals surface area contributed by atoms with Gasteiger partial charge in [0.2, 0.25) is 0 Å². The van der Waals surface area contributed by atoms with E-state index < -0.39 is 0 Å². The molecule has 0 aliphatic heterocycles. The predicted molar refractivity (Wildman–Crippen MR) is 67.5 cm³/mol. The van der Waals surface area contributed by atoms with Crippen LogP contribution in [-0.2, 0) is 11.2 Å². The van der Waals surface area contributed by atoms with Crippen LogP contribution in [0.1, 0.15) is 4.88 Å². The van der Waals surface area contributed by atoms with Crippen LogP contribution in [0.25, 0.3) is 11.3 Å². The Hall–Kier alpha value is -1.39. The third-order valence-electron chi connectivity index (χ3n) is 2.29. The van der Waals surface area contributed by atoms with Crippen LogP contribution in [0.3, 0.4) is 0 Å². The first kappa shape index (κ1) is 11.1. The second-order valence-electron chi connectivity index (χ2n) is 3.43. The van der Waals surface area contributed by atoms with E-state index in [1.54, 1.807) is 7.11 Å². The average molecular weight is 234 g/mol. The van der Waals surface area contributed by atoms with Crippen molar-refractivity contribution in [3.63, 3.8) is 0 Å². The van der Waals surface area contributed by atoms with Crippen LogP contribution in [0, 0.1) is 0 Å². The standard InChI is InChI=1S/C12H14N2OS/c1-15-8-7-10-11(14-12(13)16-10)9-5-3-2-4-6-9/h2-6H,7-8H2,1H3,(H2,13,14). The zero-order valence-corrected chi connectivity index (χ0v) is 9.96. The lowest BCUT2D eigenvalue weighted by Crippen LogP contribution is -1.94. The normalized spacial score (nSPS) is 10.6. The van der Waals surface area contributed by atoms with Gasteiger partial charge in [-0.1, -0.05) is 30.3 Å². The summed E-state index contributed by atoms with van der Waals surface area (Å²) < 4.78 is 5.08. The van der Waals surface area contributed by atoms with Crippen LogP contribution >= 0.6 is 11.3 Å². The van der Waals surface area contributed by atoms with Gasteiger partial charge in [-0.15, -0.1) is 11.3 Å². The van der Waals surface area contributed by atoms with Crippen LogP contribution in [-0.4, -0.2) is 18.7 Å². The number of thiazole rings is 1. The van der Waals surface area contributed by atoms with Crippen LogP contribution in [0.15, 0.2) is 30.3 Å². The van der Waals surface area contributed by atoms with Crippen molar-refractivity contribution in [2.24, 2.45) is 0 Å². The molecule has 16 heavy (non-hydrogen) atoms. The highest BCUT2D eigenvalue weighted by Crippen LogP contribution is 2.29. The van der Waals surface area contributed by atoms with E-state index in [0.717, 1.165) is 17.7 Å². The van der Waals surface area contributed by atoms with E-state index in [1.807, 2.05) is 30.3 Å². The van der Waals surface area contributed by atoms with Gasteiger partial charge in [0.05, 0.1) is 12.3 Å². The maximum Gasteiger partial charge on any atom is 0.180 e. The van der Waals surface area contributed by atoms with Gasteiger partial charge in [0.25, 0.3) is 0 Å². The number of hydrogen-bond donors (Lipinski definition) is 1. The summed E-state index contributed by atoms with van der Waals surface area (Å²) in [6.45, 7) is 0.696. The molecule has 0 spiro atoms. The van der Waals surface area contributed by atoms with Crippen molar-refractivity contribution >= 4 is 16.5 Å². The molecule has 0 atom stereocenters. The van der Waals surface area contributed by atoms with E-state index in [4.69, 9.17) is 10.5 Å². The van der Waals surface area contributed by atoms with Crippen molar-refractivity contribution in [3.8, 4) is 11.3 Å². The fourth-order valence-corrected chi connectivity index (χ4v) is 2.39. The van der Waals surface area contributed by atoms with E-state index in [-0.39, 0.29) is 0 Å². The Kier molecular flexibility index (Phi) is 3.54. The van der Waals surface area contributed by atoms with E-state index in [1.165, 1.54) is 16.2 Å². The topological polar surface area (TPSA) is 48.1 Å². The number of nitrogens with zero attached hydrogens (tertiary/aromatic N) is 1. The van der Waals surface area contributed by atoms with Gasteiger partial charge in [0, 0.05) is 24.0 Å². The van der Waals surface area contributed by atoms with Gasteiger partial charge in [-0.25, -0.2) is 4.98 Å². The highest BCUT2D eigenvalue weighted by atomic mass is 32.1. The number of methoxy groups -OCH3 is 1. The SMILES string of the molecule is COCCc1sc(N)nc1-c1ccccc1. The molecule has 1 aromatic carbocycles. The Bertz CT molecular complexity index is 453. The van der Waals surface area contributed by atoms with Crippen molar-refractivity contribution in [1.82, 2.24) is 4.98 Å². The molecule has 2 N–H and O–H groups in total.